The topological polar surface area (TPSA) is 49.3 Å². The molecule has 0 amide bonds. The summed E-state index contributed by atoms with van der Waals surface area (Å²) in [5.74, 6) is 0.394. The zero-order valence-electron chi connectivity index (χ0n) is 13.7. The molecule has 1 heterocycles. The summed E-state index contributed by atoms with van der Waals surface area (Å²) in [5.41, 5.74) is 0. The van der Waals surface area contributed by atoms with E-state index in [1.165, 1.54) is 0 Å². The highest BCUT2D eigenvalue weighted by Gasteiger charge is 2.40. The zero-order valence-corrected chi connectivity index (χ0v) is 15.2. The third kappa shape index (κ3) is 4.55. The van der Waals surface area contributed by atoms with Crippen LogP contribution in [0, 0.1) is 17.8 Å². The number of nitrogens with one attached hydrogen (secondary N) is 1. The maximum absolute atomic E-state index is 11.6. The monoisotopic (exact) mass is 361 g/mol. The van der Waals surface area contributed by atoms with Gasteiger partial charge in [0.2, 0.25) is 0 Å². The van der Waals surface area contributed by atoms with Crippen LogP contribution in [0.15, 0.2) is 0 Å². The van der Waals surface area contributed by atoms with Crippen molar-refractivity contribution in [3.05, 3.63) is 0 Å². The van der Waals surface area contributed by atoms with E-state index in [0.717, 1.165) is 64.2 Å². The first-order valence-corrected chi connectivity index (χ1v) is 10.2. The van der Waals surface area contributed by atoms with Crippen LogP contribution in [-0.2, 0) is 4.79 Å². The first kappa shape index (κ1) is 17.8. The largest absolute Gasteiger partial charge is 0.481 e. The number of carbonyl (C=O) groups is 1. The SMILES string of the molecule is O=C(O)C1CC(C2CCC(Cl)CC2)NC(C2CCC(Cl)CC2)C1. The summed E-state index contributed by atoms with van der Waals surface area (Å²) >= 11 is 12.5. The lowest BCUT2D eigenvalue weighted by atomic mass is 9.72. The van der Waals surface area contributed by atoms with Gasteiger partial charge in [-0.25, -0.2) is 0 Å². The summed E-state index contributed by atoms with van der Waals surface area (Å²) in [6, 6.07) is 0.709. The molecular formula is C18H29Cl2NO2. The Labute approximate surface area is 149 Å². The summed E-state index contributed by atoms with van der Waals surface area (Å²) in [4.78, 5) is 11.6. The molecule has 1 saturated heterocycles. The highest BCUT2D eigenvalue weighted by molar-refractivity contribution is 6.20. The molecule has 23 heavy (non-hydrogen) atoms. The predicted octanol–water partition coefficient (Wildman–Crippen LogP) is 4.40. The molecule has 2 saturated carbocycles. The van der Waals surface area contributed by atoms with Crippen molar-refractivity contribution in [3.63, 3.8) is 0 Å². The molecule has 2 aliphatic carbocycles. The lowest BCUT2D eigenvalue weighted by Gasteiger charge is -2.44. The number of alkyl halides is 2. The summed E-state index contributed by atoms with van der Waals surface area (Å²) in [6.07, 6.45) is 10.4. The summed E-state index contributed by atoms with van der Waals surface area (Å²) in [6.45, 7) is 0. The summed E-state index contributed by atoms with van der Waals surface area (Å²) < 4.78 is 0. The predicted molar refractivity (Wildman–Crippen MR) is 94.3 cm³/mol. The molecule has 2 N–H and O–H groups in total. The highest BCUT2D eigenvalue weighted by Crippen LogP contribution is 2.39. The van der Waals surface area contributed by atoms with Gasteiger partial charge in [0.15, 0.2) is 0 Å². The Balaban J connectivity index is 1.64. The second-order valence-corrected chi connectivity index (χ2v) is 9.14. The third-order valence-corrected chi connectivity index (χ3v) is 7.27. The number of carboxylic acid groups (broad SMARTS) is 1. The van der Waals surface area contributed by atoms with Crippen LogP contribution in [0.3, 0.4) is 0 Å². The molecule has 5 heteroatoms. The van der Waals surface area contributed by atoms with Crippen LogP contribution in [0.25, 0.3) is 0 Å². The van der Waals surface area contributed by atoms with Gasteiger partial charge in [0.05, 0.1) is 5.92 Å². The number of hydrogen-bond donors (Lipinski definition) is 2. The Hall–Kier alpha value is 0.01000. The lowest BCUT2D eigenvalue weighted by Crippen LogP contribution is -2.54. The van der Waals surface area contributed by atoms with E-state index in [1.54, 1.807) is 0 Å². The molecule has 1 aliphatic heterocycles. The van der Waals surface area contributed by atoms with Crippen molar-refractivity contribution in [2.45, 2.75) is 87.0 Å². The van der Waals surface area contributed by atoms with Gasteiger partial charge in [0.25, 0.3) is 0 Å². The molecule has 2 unspecified atom stereocenters. The number of halogens is 2. The van der Waals surface area contributed by atoms with Gasteiger partial charge >= 0.3 is 5.97 Å². The molecule has 3 aliphatic rings. The van der Waals surface area contributed by atoms with E-state index >= 15 is 0 Å². The minimum Gasteiger partial charge on any atom is -0.481 e. The first-order valence-electron chi connectivity index (χ1n) is 9.30. The molecule has 0 aromatic carbocycles. The lowest BCUT2D eigenvalue weighted by molar-refractivity contribution is -0.144. The van der Waals surface area contributed by atoms with Crippen LogP contribution in [-0.4, -0.2) is 33.9 Å². The summed E-state index contributed by atoms with van der Waals surface area (Å²) in [5, 5.41) is 14.1. The standard InChI is InChI=1S/C18H29Cl2NO2/c19-14-5-1-11(2-6-14)16-9-13(18(22)23)10-17(21-16)12-3-7-15(20)8-4-12/h11-17,21H,1-10H2,(H,22,23). The number of hydrogen-bond acceptors (Lipinski definition) is 2. The molecule has 3 rings (SSSR count). The van der Waals surface area contributed by atoms with Crippen LogP contribution in [0.4, 0.5) is 0 Å². The fourth-order valence-electron chi connectivity index (χ4n) is 4.94. The Bertz CT molecular complexity index is 374. The quantitative estimate of drug-likeness (QED) is 0.732. The van der Waals surface area contributed by atoms with Gasteiger partial charge in [-0.1, -0.05) is 0 Å². The molecule has 132 valence electrons. The van der Waals surface area contributed by atoms with E-state index in [0.29, 0.717) is 34.7 Å². The molecular weight excluding hydrogens is 333 g/mol. The van der Waals surface area contributed by atoms with Gasteiger partial charge < -0.3 is 10.4 Å². The Morgan fingerprint density at radius 1 is 0.783 bits per heavy atom. The average Bonchev–Trinajstić information content (AvgIpc) is 2.55. The maximum Gasteiger partial charge on any atom is 0.306 e. The molecule has 3 nitrogen and oxygen atoms in total. The van der Waals surface area contributed by atoms with E-state index < -0.39 is 5.97 Å². The zero-order chi connectivity index (χ0) is 16.4. The minimum absolute atomic E-state index is 0.186. The van der Waals surface area contributed by atoms with Gasteiger partial charge in [-0.3, -0.25) is 4.79 Å². The van der Waals surface area contributed by atoms with E-state index in [4.69, 9.17) is 23.2 Å². The Morgan fingerprint density at radius 2 is 1.17 bits per heavy atom. The minimum atomic E-state index is -0.612. The van der Waals surface area contributed by atoms with Crippen molar-refractivity contribution in [1.82, 2.24) is 5.32 Å². The average molecular weight is 362 g/mol. The number of aliphatic carboxylic acids is 1. The smallest absolute Gasteiger partial charge is 0.306 e. The maximum atomic E-state index is 11.6. The van der Waals surface area contributed by atoms with Crippen LogP contribution >= 0.6 is 23.2 Å². The molecule has 0 bridgehead atoms. The first-order chi connectivity index (χ1) is 11.0. The van der Waals surface area contributed by atoms with Crippen molar-refractivity contribution in [1.29, 1.82) is 0 Å². The number of carboxylic acids is 1. The van der Waals surface area contributed by atoms with Crippen LogP contribution in [0.1, 0.15) is 64.2 Å². The van der Waals surface area contributed by atoms with Crippen molar-refractivity contribution in [2.75, 3.05) is 0 Å². The third-order valence-electron chi connectivity index (χ3n) is 6.40. The van der Waals surface area contributed by atoms with E-state index in [1.807, 2.05) is 0 Å². The van der Waals surface area contributed by atoms with Gasteiger partial charge in [-0.2, -0.15) is 0 Å². The fraction of sp³-hybridized carbons (Fsp3) is 0.944. The van der Waals surface area contributed by atoms with Gasteiger partial charge in [-0.05, 0) is 76.0 Å². The van der Waals surface area contributed by atoms with Gasteiger partial charge in [-0.15, -0.1) is 23.2 Å². The van der Waals surface area contributed by atoms with E-state index in [9.17, 15) is 9.90 Å². The molecule has 0 aromatic rings. The van der Waals surface area contributed by atoms with Crippen LogP contribution in [0.2, 0.25) is 0 Å². The van der Waals surface area contributed by atoms with E-state index in [-0.39, 0.29) is 5.92 Å². The van der Waals surface area contributed by atoms with Crippen LogP contribution in [0.5, 0.6) is 0 Å². The van der Waals surface area contributed by atoms with Gasteiger partial charge in [0, 0.05) is 22.8 Å². The molecule has 0 aromatic heterocycles. The number of piperidine rings is 1. The second kappa shape index (κ2) is 7.93. The van der Waals surface area contributed by atoms with Crippen molar-refractivity contribution >= 4 is 29.2 Å². The van der Waals surface area contributed by atoms with E-state index in [2.05, 4.69) is 5.32 Å². The van der Waals surface area contributed by atoms with Gasteiger partial charge in [0.1, 0.15) is 0 Å². The van der Waals surface area contributed by atoms with Crippen molar-refractivity contribution in [2.24, 2.45) is 17.8 Å². The van der Waals surface area contributed by atoms with Crippen LogP contribution < -0.4 is 5.32 Å². The molecule has 2 atom stereocenters. The highest BCUT2D eigenvalue weighted by atomic mass is 35.5. The molecule has 0 radical (unpaired) electrons. The van der Waals surface area contributed by atoms with Crippen molar-refractivity contribution < 1.29 is 9.90 Å². The second-order valence-electron chi connectivity index (χ2n) is 7.91. The van der Waals surface area contributed by atoms with Crippen molar-refractivity contribution in [3.8, 4) is 0 Å². The summed E-state index contributed by atoms with van der Waals surface area (Å²) in [7, 11) is 0. The molecule has 3 fully saturated rings. The Morgan fingerprint density at radius 3 is 1.52 bits per heavy atom. The number of rotatable bonds is 3. The molecule has 0 spiro atoms. The normalized spacial score (nSPS) is 45.6. The fourth-order valence-corrected chi connectivity index (χ4v) is 5.44. The Kier molecular flexibility index (Phi) is 6.14.